The van der Waals surface area contributed by atoms with Gasteiger partial charge in [0.25, 0.3) is 5.91 Å². The average Bonchev–Trinajstić information content (AvgIpc) is 2.29. The molecule has 1 amide bonds. The van der Waals surface area contributed by atoms with Crippen molar-refractivity contribution in [1.82, 2.24) is 4.90 Å². The van der Waals surface area contributed by atoms with Crippen LogP contribution in [-0.4, -0.2) is 17.4 Å². The molecule has 0 fully saturated rings. The smallest absolute Gasteiger partial charge is 0.298 e. The maximum Gasteiger partial charge on any atom is 0.298 e. The minimum absolute atomic E-state index is 0.0630. The molecule has 0 bridgehead atoms. The van der Waals surface area contributed by atoms with Crippen LogP contribution >= 0.6 is 0 Å². The Balaban J connectivity index is 2.17. The molecule has 0 radical (unpaired) electrons. The lowest BCUT2D eigenvalue weighted by Crippen LogP contribution is -2.35. The Hall–Kier alpha value is -1.75. The fourth-order valence-corrected chi connectivity index (χ4v) is 1.86. The van der Waals surface area contributed by atoms with Gasteiger partial charge in [-0.1, -0.05) is 30.2 Å². The van der Waals surface area contributed by atoms with Crippen LogP contribution in [0.4, 0.5) is 0 Å². The Morgan fingerprint density at radius 1 is 1.33 bits per heavy atom. The maximum absolute atomic E-state index is 11.6. The van der Waals surface area contributed by atoms with Crippen LogP contribution in [-0.2, 0) is 17.8 Å². The largest absolute Gasteiger partial charge is 0.327 e. The molecule has 0 aliphatic carbocycles. The first-order valence-electron chi connectivity index (χ1n) is 5.09. The minimum atomic E-state index is -0.0630. The van der Waals surface area contributed by atoms with Gasteiger partial charge < -0.3 is 4.90 Å². The normalized spacial score (nSPS) is 13.8. The van der Waals surface area contributed by atoms with Gasteiger partial charge in [0.2, 0.25) is 0 Å². The van der Waals surface area contributed by atoms with Crippen molar-refractivity contribution in [3.05, 3.63) is 35.4 Å². The molecule has 1 aliphatic heterocycles. The Labute approximate surface area is 89.9 Å². The highest BCUT2D eigenvalue weighted by Crippen LogP contribution is 2.18. The molecule has 0 spiro atoms. The second-order valence-corrected chi connectivity index (χ2v) is 3.62. The molecule has 2 heteroatoms. The lowest BCUT2D eigenvalue weighted by atomic mass is 10.00. The summed E-state index contributed by atoms with van der Waals surface area (Å²) in [6.45, 7) is 3.17. The van der Waals surface area contributed by atoms with Crippen LogP contribution in [0.5, 0.6) is 0 Å². The van der Waals surface area contributed by atoms with Crippen LogP contribution < -0.4 is 0 Å². The van der Waals surface area contributed by atoms with E-state index in [9.17, 15) is 4.79 Å². The second kappa shape index (κ2) is 4.18. The molecule has 0 saturated heterocycles. The van der Waals surface area contributed by atoms with Crippen LogP contribution in [0.25, 0.3) is 0 Å². The first kappa shape index (κ1) is 9.79. The summed E-state index contributed by atoms with van der Waals surface area (Å²) < 4.78 is 0. The van der Waals surface area contributed by atoms with Gasteiger partial charge in [0.05, 0.1) is 0 Å². The molecule has 2 nitrogen and oxygen atoms in total. The van der Waals surface area contributed by atoms with Gasteiger partial charge in [-0.15, -0.1) is 0 Å². The molecule has 76 valence electrons. The summed E-state index contributed by atoms with van der Waals surface area (Å²) in [5, 5.41) is 0. The molecule has 0 atom stereocenters. The van der Waals surface area contributed by atoms with E-state index in [1.807, 2.05) is 12.1 Å². The fourth-order valence-electron chi connectivity index (χ4n) is 1.86. The molecule has 2 rings (SSSR count). The topological polar surface area (TPSA) is 20.3 Å². The van der Waals surface area contributed by atoms with Crippen LogP contribution in [0, 0.1) is 11.8 Å². The molecular formula is C13H13NO. The van der Waals surface area contributed by atoms with Gasteiger partial charge in [0.1, 0.15) is 0 Å². The molecule has 0 unspecified atom stereocenters. The van der Waals surface area contributed by atoms with Crippen molar-refractivity contribution in [2.45, 2.75) is 19.9 Å². The number of nitrogens with zero attached hydrogens (tertiary/aromatic N) is 1. The van der Waals surface area contributed by atoms with E-state index in [1.54, 1.807) is 11.8 Å². The molecule has 0 saturated carbocycles. The summed E-state index contributed by atoms with van der Waals surface area (Å²) in [5.41, 5.74) is 2.60. The Morgan fingerprint density at radius 3 is 2.80 bits per heavy atom. The SMILES string of the molecule is CC#CC(=O)N1CCc2ccccc2C1. The van der Waals surface area contributed by atoms with E-state index in [-0.39, 0.29) is 5.91 Å². The van der Waals surface area contributed by atoms with Gasteiger partial charge >= 0.3 is 0 Å². The van der Waals surface area contributed by atoms with Crippen molar-refractivity contribution in [3.8, 4) is 11.8 Å². The predicted octanol–water partition coefficient (Wildman–Crippen LogP) is 1.59. The number of rotatable bonds is 0. The standard InChI is InChI=1S/C13H13NO/c1-2-5-13(15)14-9-8-11-6-3-4-7-12(11)10-14/h3-4,6-7H,8-10H2,1H3. The van der Waals surface area contributed by atoms with Gasteiger partial charge in [-0.2, -0.15) is 0 Å². The molecule has 1 aliphatic rings. The van der Waals surface area contributed by atoms with E-state index >= 15 is 0 Å². The van der Waals surface area contributed by atoms with Crippen LogP contribution in [0.2, 0.25) is 0 Å². The maximum atomic E-state index is 11.6. The van der Waals surface area contributed by atoms with Crippen LogP contribution in [0.3, 0.4) is 0 Å². The molecule has 15 heavy (non-hydrogen) atoms. The van der Waals surface area contributed by atoms with E-state index in [2.05, 4.69) is 24.0 Å². The van der Waals surface area contributed by atoms with E-state index in [4.69, 9.17) is 0 Å². The van der Waals surface area contributed by atoms with Crippen molar-refractivity contribution in [2.24, 2.45) is 0 Å². The van der Waals surface area contributed by atoms with Crippen LogP contribution in [0.1, 0.15) is 18.1 Å². The summed E-state index contributed by atoms with van der Waals surface area (Å²) in [4.78, 5) is 13.4. The summed E-state index contributed by atoms with van der Waals surface area (Å²) in [5.74, 6) is 5.17. The molecule has 0 N–H and O–H groups in total. The van der Waals surface area contributed by atoms with E-state index in [0.29, 0.717) is 6.54 Å². The first-order chi connectivity index (χ1) is 7.31. The first-order valence-corrected chi connectivity index (χ1v) is 5.09. The third-order valence-corrected chi connectivity index (χ3v) is 2.65. The van der Waals surface area contributed by atoms with E-state index in [0.717, 1.165) is 13.0 Å². The highest BCUT2D eigenvalue weighted by Gasteiger charge is 2.18. The summed E-state index contributed by atoms with van der Waals surface area (Å²) in [6, 6.07) is 8.26. The zero-order valence-electron chi connectivity index (χ0n) is 8.79. The van der Waals surface area contributed by atoms with Gasteiger partial charge in [0, 0.05) is 13.1 Å². The highest BCUT2D eigenvalue weighted by atomic mass is 16.2. The highest BCUT2D eigenvalue weighted by molar-refractivity contribution is 5.93. The van der Waals surface area contributed by atoms with Gasteiger partial charge in [-0.05, 0) is 30.4 Å². The Morgan fingerprint density at radius 2 is 2.07 bits per heavy atom. The van der Waals surface area contributed by atoms with Crippen molar-refractivity contribution in [3.63, 3.8) is 0 Å². The lowest BCUT2D eigenvalue weighted by molar-refractivity contribution is -0.125. The predicted molar refractivity (Wildman–Crippen MR) is 59.0 cm³/mol. The number of benzene rings is 1. The number of amides is 1. The zero-order chi connectivity index (χ0) is 10.7. The number of carbonyl (C=O) groups is 1. The Kier molecular flexibility index (Phi) is 2.73. The number of fused-ring (bicyclic) bond motifs is 1. The zero-order valence-corrected chi connectivity index (χ0v) is 8.79. The van der Waals surface area contributed by atoms with Gasteiger partial charge in [-0.3, -0.25) is 4.79 Å². The molecule has 0 aromatic heterocycles. The number of hydrogen-bond donors (Lipinski definition) is 0. The number of carbonyl (C=O) groups excluding carboxylic acids is 1. The van der Waals surface area contributed by atoms with Crippen molar-refractivity contribution >= 4 is 5.91 Å². The van der Waals surface area contributed by atoms with Gasteiger partial charge in [-0.25, -0.2) is 0 Å². The van der Waals surface area contributed by atoms with E-state index in [1.165, 1.54) is 11.1 Å². The lowest BCUT2D eigenvalue weighted by Gasteiger charge is -2.27. The fraction of sp³-hybridized carbons (Fsp3) is 0.308. The quantitative estimate of drug-likeness (QED) is 0.581. The summed E-state index contributed by atoms with van der Waals surface area (Å²) in [6.07, 6.45) is 0.938. The second-order valence-electron chi connectivity index (χ2n) is 3.62. The summed E-state index contributed by atoms with van der Waals surface area (Å²) >= 11 is 0. The Bertz CT molecular complexity index is 439. The third-order valence-electron chi connectivity index (χ3n) is 2.65. The number of hydrogen-bond acceptors (Lipinski definition) is 1. The molecule has 1 heterocycles. The van der Waals surface area contributed by atoms with E-state index < -0.39 is 0 Å². The van der Waals surface area contributed by atoms with Crippen molar-refractivity contribution in [2.75, 3.05) is 6.54 Å². The van der Waals surface area contributed by atoms with Crippen molar-refractivity contribution < 1.29 is 4.79 Å². The minimum Gasteiger partial charge on any atom is -0.327 e. The molecule has 1 aromatic carbocycles. The van der Waals surface area contributed by atoms with Gasteiger partial charge in [0.15, 0.2) is 0 Å². The van der Waals surface area contributed by atoms with Crippen molar-refractivity contribution in [1.29, 1.82) is 0 Å². The molecular weight excluding hydrogens is 186 g/mol. The van der Waals surface area contributed by atoms with Crippen LogP contribution in [0.15, 0.2) is 24.3 Å². The third kappa shape index (κ3) is 2.02. The summed E-state index contributed by atoms with van der Waals surface area (Å²) in [7, 11) is 0. The average molecular weight is 199 g/mol. The molecule has 1 aromatic rings. The monoisotopic (exact) mass is 199 g/mol.